The number of nitrogen functional groups attached to an aromatic ring is 1. The van der Waals surface area contributed by atoms with Crippen molar-refractivity contribution in [2.45, 2.75) is 19.3 Å². The van der Waals surface area contributed by atoms with E-state index in [-0.39, 0.29) is 17.2 Å². The molecule has 0 amide bonds. The smallest absolute Gasteiger partial charge is 0.335 e. The van der Waals surface area contributed by atoms with Gasteiger partial charge in [0.2, 0.25) is 0 Å². The van der Waals surface area contributed by atoms with Gasteiger partial charge in [-0.2, -0.15) is 0 Å². The van der Waals surface area contributed by atoms with Crippen LogP contribution in [0, 0.1) is 5.92 Å². The zero-order chi connectivity index (χ0) is 21.3. The van der Waals surface area contributed by atoms with E-state index >= 15 is 0 Å². The highest BCUT2D eigenvalue weighted by atomic mass is 16.4. The predicted molar refractivity (Wildman–Crippen MR) is 116 cm³/mol. The van der Waals surface area contributed by atoms with Gasteiger partial charge in [0, 0.05) is 24.6 Å². The molecule has 0 bridgehead atoms. The minimum atomic E-state index is -0.924. The van der Waals surface area contributed by atoms with E-state index in [1.54, 1.807) is 30.3 Å². The van der Waals surface area contributed by atoms with Gasteiger partial charge in [0.1, 0.15) is 5.75 Å². The molecule has 1 fully saturated rings. The molecule has 154 valence electrons. The maximum Gasteiger partial charge on any atom is 0.335 e. The largest absolute Gasteiger partial charge is 0.507 e. The van der Waals surface area contributed by atoms with E-state index in [9.17, 15) is 9.90 Å². The van der Waals surface area contributed by atoms with E-state index in [1.165, 1.54) is 0 Å². The number of aromatic carboxylic acids is 1. The molecule has 1 aliphatic heterocycles. The number of nitrogens with two attached hydrogens (primary N) is 1. The molecule has 1 aliphatic rings. The molecule has 3 aromatic rings. The van der Waals surface area contributed by atoms with Crippen molar-refractivity contribution < 1.29 is 15.0 Å². The maximum absolute atomic E-state index is 11.1. The third-order valence-electron chi connectivity index (χ3n) is 5.87. The summed E-state index contributed by atoms with van der Waals surface area (Å²) in [5, 5.41) is 27.6. The number of piperidine rings is 1. The average Bonchev–Trinajstić information content (AvgIpc) is 2.75. The Morgan fingerprint density at radius 3 is 2.57 bits per heavy atom. The number of phenolic OH excluding ortho intramolecular Hbond substituents is 1. The summed E-state index contributed by atoms with van der Waals surface area (Å²) in [5.74, 6) is 0.260. The number of phenols is 1. The molecule has 0 aliphatic carbocycles. The monoisotopic (exact) mass is 404 g/mol. The normalized spacial score (nSPS) is 18.9. The molecule has 2 aromatic carbocycles. The summed E-state index contributed by atoms with van der Waals surface area (Å²) in [6, 6.07) is 16.0. The summed E-state index contributed by atoms with van der Waals surface area (Å²) in [6.45, 7) is 3.79. The Hall–Kier alpha value is -3.61. The molecule has 30 heavy (non-hydrogen) atoms. The highest BCUT2D eigenvalue weighted by molar-refractivity contribution is 5.87. The lowest BCUT2D eigenvalue weighted by Gasteiger charge is -2.39. The molecule has 0 spiro atoms. The first-order chi connectivity index (χ1) is 14.4. The van der Waals surface area contributed by atoms with E-state index in [2.05, 4.69) is 22.0 Å². The molecule has 1 saturated heterocycles. The molecule has 0 saturated carbocycles. The zero-order valence-electron chi connectivity index (χ0n) is 16.7. The Bertz CT molecular complexity index is 1070. The Labute approximate surface area is 174 Å². The van der Waals surface area contributed by atoms with Gasteiger partial charge < -0.3 is 20.8 Å². The van der Waals surface area contributed by atoms with Crippen molar-refractivity contribution in [1.29, 1.82) is 0 Å². The fourth-order valence-corrected chi connectivity index (χ4v) is 4.06. The number of hydrogen-bond donors (Lipinski definition) is 3. The Kier molecular flexibility index (Phi) is 5.27. The Morgan fingerprint density at radius 2 is 1.87 bits per heavy atom. The molecule has 2 atom stereocenters. The second-order valence-electron chi connectivity index (χ2n) is 7.76. The second-order valence-corrected chi connectivity index (χ2v) is 7.76. The summed E-state index contributed by atoms with van der Waals surface area (Å²) in [6.07, 6.45) is 0.971. The number of benzene rings is 2. The van der Waals surface area contributed by atoms with Gasteiger partial charge in [0.25, 0.3) is 0 Å². The number of rotatable bonds is 4. The van der Waals surface area contributed by atoms with Gasteiger partial charge in [0.05, 0.1) is 16.9 Å². The quantitative estimate of drug-likeness (QED) is 0.607. The lowest BCUT2D eigenvalue weighted by molar-refractivity contribution is 0.0697. The predicted octanol–water partition coefficient (Wildman–Crippen LogP) is 3.76. The van der Waals surface area contributed by atoms with Crippen molar-refractivity contribution in [3.05, 3.63) is 65.7 Å². The number of aromatic nitrogens is 2. The lowest BCUT2D eigenvalue weighted by Crippen LogP contribution is -2.39. The number of anilines is 2. The van der Waals surface area contributed by atoms with Crippen molar-refractivity contribution in [2.75, 3.05) is 23.7 Å². The number of para-hydroxylation sites is 1. The van der Waals surface area contributed by atoms with Gasteiger partial charge in [-0.3, -0.25) is 0 Å². The van der Waals surface area contributed by atoms with Crippen molar-refractivity contribution >= 4 is 17.5 Å². The lowest BCUT2D eigenvalue weighted by atomic mass is 9.81. The Balaban J connectivity index is 1.63. The van der Waals surface area contributed by atoms with Crippen LogP contribution >= 0.6 is 0 Å². The third-order valence-corrected chi connectivity index (χ3v) is 5.87. The van der Waals surface area contributed by atoms with E-state index in [1.807, 2.05) is 24.3 Å². The van der Waals surface area contributed by atoms with Crippen molar-refractivity contribution in [3.8, 4) is 17.0 Å². The standard InChI is InChI=1S/C23H24N4O3/c1-14-10-11-27(13-18(14)15-6-8-16(9-7-15)23(29)30)20-12-19(25-26-22(20)24)17-4-2-3-5-21(17)28/h2-9,12,14,18,28H,10-11,13H2,1H3,(H2,24,26)(H,29,30)/t14-,18+/m0/s1. The third kappa shape index (κ3) is 3.78. The molecule has 2 heterocycles. The topological polar surface area (TPSA) is 113 Å². The summed E-state index contributed by atoms with van der Waals surface area (Å²) in [7, 11) is 0. The van der Waals surface area contributed by atoms with Gasteiger partial charge in [0.15, 0.2) is 5.82 Å². The van der Waals surface area contributed by atoms with Crippen LogP contribution in [0.15, 0.2) is 54.6 Å². The molecule has 1 aromatic heterocycles. The van der Waals surface area contributed by atoms with E-state index < -0.39 is 5.97 Å². The Morgan fingerprint density at radius 1 is 1.13 bits per heavy atom. The van der Waals surface area contributed by atoms with E-state index in [4.69, 9.17) is 10.8 Å². The number of aromatic hydroxyl groups is 1. The SMILES string of the molecule is C[C@H]1CCN(c2cc(-c3ccccc3O)nnc2N)C[C@H]1c1ccc(C(=O)O)cc1. The van der Waals surface area contributed by atoms with Crippen molar-refractivity contribution in [2.24, 2.45) is 5.92 Å². The minimum Gasteiger partial charge on any atom is -0.507 e. The van der Waals surface area contributed by atoms with E-state index in [0.29, 0.717) is 23.0 Å². The van der Waals surface area contributed by atoms with E-state index in [0.717, 1.165) is 30.8 Å². The zero-order valence-corrected chi connectivity index (χ0v) is 16.7. The summed E-state index contributed by atoms with van der Waals surface area (Å²) >= 11 is 0. The van der Waals surface area contributed by atoms with Gasteiger partial charge in [-0.05, 0) is 48.2 Å². The molecule has 4 N–H and O–H groups in total. The number of carboxylic acid groups (broad SMARTS) is 1. The van der Waals surface area contributed by atoms with Crippen LogP contribution in [0.5, 0.6) is 5.75 Å². The summed E-state index contributed by atoms with van der Waals surface area (Å²) in [5.41, 5.74) is 9.53. The van der Waals surface area contributed by atoms with Crippen LogP contribution in [0.25, 0.3) is 11.3 Å². The summed E-state index contributed by atoms with van der Waals surface area (Å²) in [4.78, 5) is 13.3. The molecular weight excluding hydrogens is 380 g/mol. The van der Waals surface area contributed by atoms with Gasteiger partial charge in [-0.1, -0.05) is 31.2 Å². The fraction of sp³-hybridized carbons (Fsp3) is 0.261. The number of carboxylic acids is 1. The molecule has 7 heteroatoms. The molecular formula is C23H24N4O3. The maximum atomic E-state index is 11.1. The molecule has 0 radical (unpaired) electrons. The molecule has 0 unspecified atom stereocenters. The van der Waals surface area contributed by atoms with Crippen LogP contribution in [-0.2, 0) is 0 Å². The number of nitrogens with zero attached hydrogens (tertiary/aromatic N) is 3. The van der Waals surface area contributed by atoms with Crippen molar-refractivity contribution in [3.63, 3.8) is 0 Å². The first kappa shape index (κ1) is 19.7. The molecule has 4 rings (SSSR count). The van der Waals surface area contributed by atoms with Crippen LogP contribution in [-0.4, -0.2) is 39.5 Å². The van der Waals surface area contributed by atoms with Crippen LogP contribution < -0.4 is 10.6 Å². The van der Waals surface area contributed by atoms with Crippen LogP contribution in [0.1, 0.15) is 35.2 Å². The average molecular weight is 404 g/mol. The van der Waals surface area contributed by atoms with Crippen LogP contribution in [0.3, 0.4) is 0 Å². The highest BCUT2D eigenvalue weighted by Crippen LogP contribution is 2.37. The van der Waals surface area contributed by atoms with Gasteiger partial charge in [-0.15, -0.1) is 10.2 Å². The van der Waals surface area contributed by atoms with Crippen LogP contribution in [0.2, 0.25) is 0 Å². The first-order valence-electron chi connectivity index (χ1n) is 9.94. The van der Waals surface area contributed by atoms with Gasteiger partial charge in [-0.25, -0.2) is 4.79 Å². The number of carbonyl (C=O) groups is 1. The minimum absolute atomic E-state index is 0.145. The first-order valence-corrected chi connectivity index (χ1v) is 9.94. The molecule has 7 nitrogen and oxygen atoms in total. The fourth-order valence-electron chi connectivity index (χ4n) is 4.06. The van der Waals surface area contributed by atoms with Crippen molar-refractivity contribution in [1.82, 2.24) is 10.2 Å². The second kappa shape index (κ2) is 8.02. The summed E-state index contributed by atoms with van der Waals surface area (Å²) < 4.78 is 0. The van der Waals surface area contributed by atoms with Crippen LogP contribution in [0.4, 0.5) is 11.5 Å². The highest BCUT2D eigenvalue weighted by Gasteiger charge is 2.29. The number of hydrogen-bond acceptors (Lipinski definition) is 6. The van der Waals surface area contributed by atoms with Gasteiger partial charge >= 0.3 is 5.97 Å².